The van der Waals surface area contributed by atoms with Gasteiger partial charge in [-0.15, -0.1) is 0 Å². The summed E-state index contributed by atoms with van der Waals surface area (Å²) in [4.78, 5) is 30.9. The Bertz CT molecular complexity index is 1380. The zero-order valence-corrected chi connectivity index (χ0v) is 19.3. The number of pyridine rings is 1. The highest BCUT2D eigenvalue weighted by molar-refractivity contribution is 7.99. The summed E-state index contributed by atoms with van der Waals surface area (Å²) in [7, 11) is 0. The smallest absolute Gasteiger partial charge is 0.344 e. The first-order valence-corrected chi connectivity index (χ1v) is 11.4. The van der Waals surface area contributed by atoms with Crippen LogP contribution in [-0.4, -0.2) is 17.6 Å². The molecule has 7 heteroatoms. The van der Waals surface area contributed by atoms with Gasteiger partial charge in [0.15, 0.2) is 0 Å². The lowest BCUT2D eigenvalue weighted by Crippen LogP contribution is -2.22. The number of hydrogen-bond donors (Lipinski definition) is 1. The molecule has 4 nitrogen and oxygen atoms in total. The van der Waals surface area contributed by atoms with Gasteiger partial charge in [-0.05, 0) is 85.6 Å². The van der Waals surface area contributed by atoms with Crippen LogP contribution in [0, 0.1) is 18.6 Å². The Morgan fingerprint density at radius 2 is 1.38 bits per heavy atom. The topological polar surface area (TPSA) is 59.2 Å². The molecular weight excluding hydrogens is 456 g/mol. The van der Waals surface area contributed by atoms with Crippen molar-refractivity contribution in [3.05, 3.63) is 106 Å². The number of aromatic nitrogens is 1. The predicted octanol–water partition coefficient (Wildman–Crippen LogP) is 6.62. The molecule has 0 aliphatic rings. The highest BCUT2D eigenvalue weighted by atomic mass is 32.2. The second-order valence-electron chi connectivity index (χ2n) is 7.56. The lowest BCUT2D eigenvalue weighted by Gasteiger charge is -2.16. The maximum Gasteiger partial charge on any atom is 0.344 e. The van der Waals surface area contributed by atoms with Gasteiger partial charge in [0.1, 0.15) is 17.2 Å². The van der Waals surface area contributed by atoms with Crippen molar-refractivity contribution in [2.45, 2.75) is 23.6 Å². The summed E-state index contributed by atoms with van der Waals surface area (Å²) in [6, 6.07) is 18.8. The maximum absolute atomic E-state index is 13.8. The Morgan fingerprint density at radius 3 is 1.91 bits per heavy atom. The lowest BCUT2D eigenvalue weighted by molar-refractivity contribution is 0.0525. The molecule has 0 saturated carbocycles. The van der Waals surface area contributed by atoms with Gasteiger partial charge >= 0.3 is 5.97 Å². The summed E-state index contributed by atoms with van der Waals surface area (Å²) in [5.41, 5.74) is 1.99. The molecule has 0 bridgehead atoms. The van der Waals surface area contributed by atoms with Crippen LogP contribution < -0.4 is 5.43 Å². The molecule has 0 saturated heterocycles. The Morgan fingerprint density at radius 1 is 0.853 bits per heavy atom. The normalized spacial score (nSPS) is 10.8. The lowest BCUT2D eigenvalue weighted by atomic mass is 10.0. The Labute approximate surface area is 199 Å². The first-order valence-electron chi connectivity index (χ1n) is 10.6. The third kappa shape index (κ3) is 4.94. The number of carbonyl (C=O) groups excluding carboxylic acids is 1. The summed E-state index contributed by atoms with van der Waals surface area (Å²) in [6.07, 6.45) is 0. The second-order valence-corrected chi connectivity index (χ2v) is 8.64. The molecule has 34 heavy (non-hydrogen) atoms. The minimum atomic E-state index is -0.778. The van der Waals surface area contributed by atoms with E-state index in [-0.39, 0.29) is 22.8 Å². The van der Waals surface area contributed by atoms with E-state index in [1.54, 1.807) is 19.1 Å². The summed E-state index contributed by atoms with van der Waals surface area (Å²) < 4.78 is 32.4. The number of H-pyrrole nitrogens is 1. The summed E-state index contributed by atoms with van der Waals surface area (Å²) in [5, 5.41) is 0. The van der Waals surface area contributed by atoms with Crippen molar-refractivity contribution in [3.63, 3.8) is 0 Å². The van der Waals surface area contributed by atoms with Crippen LogP contribution in [0.4, 0.5) is 8.78 Å². The number of hydrogen-bond acceptors (Lipinski definition) is 4. The Kier molecular flexibility index (Phi) is 6.93. The van der Waals surface area contributed by atoms with Gasteiger partial charge in [-0.2, -0.15) is 0 Å². The monoisotopic (exact) mass is 477 g/mol. The molecule has 0 aliphatic heterocycles. The van der Waals surface area contributed by atoms with Gasteiger partial charge in [0.2, 0.25) is 5.43 Å². The third-order valence-electron chi connectivity index (χ3n) is 5.15. The van der Waals surface area contributed by atoms with E-state index < -0.39 is 23.0 Å². The van der Waals surface area contributed by atoms with E-state index in [1.807, 2.05) is 31.2 Å². The van der Waals surface area contributed by atoms with Gasteiger partial charge in [-0.25, -0.2) is 13.6 Å². The van der Waals surface area contributed by atoms with Crippen molar-refractivity contribution >= 4 is 17.7 Å². The van der Waals surface area contributed by atoms with E-state index in [0.29, 0.717) is 16.8 Å². The van der Waals surface area contributed by atoms with E-state index in [0.717, 1.165) is 10.5 Å². The van der Waals surface area contributed by atoms with Gasteiger partial charge < -0.3 is 9.72 Å². The number of esters is 1. The van der Waals surface area contributed by atoms with Crippen LogP contribution in [0.2, 0.25) is 0 Å². The Balaban J connectivity index is 2.01. The van der Waals surface area contributed by atoms with Gasteiger partial charge in [0.25, 0.3) is 0 Å². The van der Waals surface area contributed by atoms with Crippen molar-refractivity contribution in [1.29, 1.82) is 0 Å². The first kappa shape index (κ1) is 23.4. The Hall–Kier alpha value is -3.71. The maximum atomic E-state index is 13.8. The standard InChI is InChI=1S/C27H21F2NO3S/c1-3-33-27(32)22-23(17-6-10-19(28)11-7-17)30-24(18-8-12-20(29)13-9-18)26(25(22)31)34-21-14-4-16(2)5-15-21/h4-15H,3H2,1-2H3,(H,30,31). The molecule has 0 aliphatic carbocycles. The average molecular weight is 478 g/mol. The summed E-state index contributed by atoms with van der Waals surface area (Å²) in [6.45, 7) is 3.70. The zero-order chi connectivity index (χ0) is 24.2. The molecule has 1 aromatic heterocycles. The molecule has 0 radical (unpaired) electrons. The van der Waals surface area contributed by atoms with Crippen LogP contribution in [-0.2, 0) is 4.74 Å². The molecule has 0 spiro atoms. The minimum Gasteiger partial charge on any atom is -0.462 e. The van der Waals surface area contributed by atoms with E-state index in [2.05, 4.69) is 4.98 Å². The van der Waals surface area contributed by atoms with Crippen LogP contribution in [0.5, 0.6) is 0 Å². The van der Waals surface area contributed by atoms with Crippen molar-refractivity contribution < 1.29 is 18.3 Å². The minimum absolute atomic E-state index is 0.0846. The summed E-state index contributed by atoms with van der Waals surface area (Å²) in [5.74, 6) is -1.64. The van der Waals surface area contributed by atoms with E-state index in [9.17, 15) is 18.4 Å². The molecule has 1 N–H and O–H groups in total. The molecule has 0 amide bonds. The van der Waals surface area contributed by atoms with Crippen molar-refractivity contribution in [2.24, 2.45) is 0 Å². The number of aryl methyl sites for hydroxylation is 1. The summed E-state index contributed by atoms with van der Waals surface area (Å²) >= 11 is 1.20. The van der Waals surface area contributed by atoms with Crippen LogP contribution in [0.25, 0.3) is 22.5 Å². The van der Waals surface area contributed by atoms with Crippen molar-refractivity contribution in [3.8, 4) is 22.5 Å². The largest absolute Gasteiger partial charge is 0.462 e. The molecule has 0 unspecified atom stereocenters. The number of aromatic amines is 1. The zero-order valence-electron chi connectivity index (χ0n) is 18.5. The molecule has 0 atom stereocenters. The number of carbonyl (C=O) groups is 1. The van der Waals surface area contributed by atoms with Crippen molar-refractivity contribution in [1.82, 2.24) is 4.98 Å². The number of rotatable bonds is 6. The fourth-order valence-electron chi connectivity index (χ4n) is 3.46. The van der Waals surface area contributed by atoms with Gasteiger partial charge in [0, 0.05) is 4.90 Å². The van der Waals surface area contributed by atoms with Gasteiger partial charge in [-0.3, -0.25) is 4.79 Å². The fraction of sp³-hybridized carbons (Fsp3) is 0.111. The molecular formula is C27H21F2NO3S. The van der Waals surface area contributed by atoms with Gasteiger partial charge in [0.05, 0.1) is 22.9 Å². The van der Waals surface area contributed by atoms with E-state index in [4.69, 9.17) is 4.74 Å². The molecule has 172 valence electrons. The quantitative estimate of drug-likeness (QED) is 0.317. The number of ether oxygens (including phenoxy) is 1. The molecule has 4 rings (SSSR count). The predicted molar refractivity (Wildman–Crippen MR) is 129 cm³/mol. The number of benzene rings is 3. The molecule has 0 fully saturated rings. The highest BCUT2D eigenvalue weighted by Crippen LogP contribution is 2.36. The van der Waals surface area contributed by atoms with E-state index in [1.165, 1.54) is 48.2 Å². The fourth-order valence-corrected chi connectivity index (χ4v) is 4.43. The highest BCUT2D eigenvalue weighted by Gasteiger charge is 2.25. The molecule has 4 aromatic rings. The first-order chi connectivity index (χ1) is 16.4. The second kappa shape index (κ2) is 10.1. The third-order valence-corrected chi connectivity index (χ3v) is 6.25. The van der Waals surface area contributed by atoms with Crippen LogP contribution >= 0.6 is 11.8 Å². The number of nitrogens with one attached hydrogen (secondary N) is 1. The molecule has 1 heterocycles. The van der Waals surface area contributed by atoms with Crippen molar-refractivity contribution in [2.75, 3.05) is 6.61 Å². The SMILES string of the molecule is CCOC(=O)c1c(-c2ccc(F)cc2)[nH]c(-c2ccc(F)cc2)c(Sc2ccc(C)cc2)c1=O. The average Bonchev–Trinajstić information content (AvgIpc) is 2.82. The van der Waals surface area contributed by atoms with Crippen LogP contribution in [0.15, 0.2) is 87.4 Å². The van der Waals surface area contributed by atoms with Gasteiger partial charge in [-0.1, -0.05) is 29.5 Å². The van der Waals surface area contributed by atoms with Crippen LogP contribution in [0.3, 0.4) is 0 Å². The van der Waals surface area contributed by atoms with E-state index >= 15 is 0 Å². The molecule has 3 aromatic carbocycles. The van der Waals surface area contributed by atoms with Crippen LogP contribution in [0.1, 0.15) is 22.8 Å². The number of halogens is 2.